The zero-order chi connectivity index (χ0) is 27.8. The molecule has 0 aliphatic carbocycles. The van der Waals surface area contributed by atoms with Crippen molar-refractivity contribution >= 4 is 29.8 Å². The third-order valence-corrected chi connectivity index (χ3v) is 6.13. The summed E-state index contributed by atoms with van der Waals surface area (Å²) in [5, 5.41) is 12.3. The highest BCUT2D eigenvalue weighted by atomic mass is 16.7. The summed E-state index contributed by atoms with van der Waals surface area (Å²) in [5.41, 5.74) is 0. The summed E-state index contributed by atoms with van der Waals surface area (Å²) in [6.07, 6.45) is 5.84. The van der Waals surface area contributed by atoms with Gasteiger partial charge in [0.2, 0.25) is 12.2 Å². The van der Waals surface area contributed by atoms with Gasteiger partial charge in [-0.2, -0.15) is 0 Å². The predicted molar refractivity (Wildman–Crippen MR) is 132 cm³/mol. The van der Waals surface area contributed by atoms with Crippen LogP contribution in [0.25, 0.3) is 0 Å². The molecule has 0 aromatic heterocycles. The van der Waals surface area contributed by atoms with E-state index < -0.39 is 60.8 Å². The van der Waals surface area contributed by atoms with Crippen LogP contribution < -0.4 is 5.32 Å². The number of ether oxygens (including phenoxy) is 4. The van der Waals surface area contributed by atoms with Gasteiger partial charge in [-0.05, 0) is 6.42 Å². The molecule has 0 radical (unpaired) electrons. The average molecular weight is 530 g/mol. The second kappa shape index (κ2) is 17.7. The van der Waals surface area contributed by atoms with Crippen molar-refractivity contribution in [2.75, 3.05) is 6.61 Å². The fraction of sp³-hybridized carbons (Fsp3) is 0.808. The summed E-state index contributed by atoms with van der Waals surface area (Å²) < 4.78 is 21.4. The molecule has 1 heterocycles. The van der Waals surface area contributed by atoms with E-state index in [0.29, 0.717) is 6.42 Å². The van der Waals surface area contributed by atoms with Crippen molar-refractivity contribution in [1.29, 1.82) is 0 Å². The molecule has 0 aromatic rings. The zero-order valence-electron chi connectivity index (χ0n) is 22.5. The number of carbonyl (C=O) groups excluding carboxylic acids is 4. The standard InChI is InChI=1S/C26H43NO10/c1-5-6-7-8-9-10-11-12-13-14-22(31)27-24-20(15-23(32)33)25(35-18(3)29)21(16-34-17(2)28)37-26(24)36-19(4)30/h20-21,24-26H,5-16H2,1-4H3,(H,27,31)(H,32,33). The maximum atomic E-state index is 12.8. The Hall–Kier alpha value is -2.69. The summed E-state index contributed by atoms with van der Waals surface area (Å²) in [4.78, 5) is 59.4. The van der Waals surface area contributed by atoms with Crippen molar-refractivity contribution in [2.45, 2.75) is 123 Å². The first kappa shape index (κ1) is 32.3. The topological polar surface area (TPSA) is 155 Å². The monoisotopic (exact) mass is 529 g/mol. The van der Waals surface area contributed by atoms with Crippen LogP contribution in [0.3, 0.4) is 0 Å². The van der Waals surface area contributed by atoms with Crippen molar-refractivity contribution < 1.29 is 48.0 Å². The van der Waals surface area contributed by atoms with Gasteiger partial charge in [0.25, 0.3) is 0 Å². The molecule has 5 unspecified atom stereocenters. The lowest BCUT2D eigenvalue weighted by Gasteiger charge is -2.45. The molecule has 0 aromatic carbocycles. The molecule has 1 amide bonds. The van der Waals surface area contributed by atoms with Crippen LogP contribution in [0.4, 0.5) is 0 Å². The van der Waals surface area contributed by atoms with Crippen LogP contribution in [0.1, 0.15) is 98.3 Å². The number of amides is 1. The van der Waals surface area contributed by atoms with Gasteiger partial charge in [-0.1, -0.05) is 58.3 Å². The Labute approximate surface area is 218 Å². The first-order valence-corrected chi connectivity index (χ1v) is 13.2. The van der Waals surface area contributed by atoms with E-state index in [0.717, 1.165) is 33.1 Å². The maximum absolute atomic E-state index is 12.8. The molecule has 0 saturated carbocycles. The van der Waals surface area contributed by atoms with Crippen molar-refractivity contribution in [3.63, 3.8) is 0 Å². The summed E-state index contributed by atoms with van der Waals surface area (Å²) >= 11 is 0. The van der Waals surface area contributed by atoms with E-state index in [2.05, 4.69) is 12.2 Å². The molecule has 0 bridgehead atoms. The van der Waals surface area contributed by atoms with Crippen LogP contribution in [-0.2, 0) is 42.9 Å². The van der Waals surface area contributed by atoms with Gasteiger partial charge in [0.05, 0.1) is 12.5 Å². The molecule has 2 N–H and O–H groups in total. The third kappa shape index (κ3) is 13.4. The molecule has 1 fully saturated rings. The molecule has 5 atom stereocenters. The molecule has 1 saturated heterocycles. The molecular weight excluding hydrogens is 486 g/mol. The summed E-state index contributed by atoms with van der Waals surface area (Å²) in [6.45, 7) is 5.30. The SMILES string of the molecule is CCCCCCCCCCCC(=O)NC1C(OC(C)=O)OC(COC(C)=O)C(OC(C)=O)C1CC(=O)O. The number of aliphatic carboxylic acids is 1. The molecule has 11 nitrogen and oxygen atoms in total. The van der Waals surface area contributed by atoms with Crippen LogP contribution in [0.2, 0.25) is 0 Å². The Balaban J connectivity index is 2.89. The number of nitrogens with one attached hydrogen (secondary N) is 1. The highest BCUT2D eigenvalue weighted by molar-refractivity contribution is 5.76. The highest BCUT2D eigenvalue weighted by Crippen LogP contribution is 2.32. The zero-order valence-corrected chi connectivity index (χ0v) is 22.5. The minimum Gasteiger partial charge on any atom is -0.481 e. The highest BCUT2D eigenvalue weighted by Gasteiger charge is 2.50. The van der Waals surface area contributed by atoms with E-state index in [1.54, 1.807) is 0 Å². The molecule has 1 aliphatic rings. The van der Waals surface area contributed by atoms with Gasteiger partial charge in [-0.15, -0.1) is 0 Å². The molecule has 1 rings (SSSR count). The number of esters is 3. The fourth-order valence-corrected chi connectivity index (χ4v) is 4.44. The van der Waals surface area contributed by atoms with Crippen LogP contribution in [0, 0.1) is 5.92 Å². The van der Waals surface area contributed by atoms with Crippen molar-refractivity contribution in [3.8, 4) is 0 Å². The van der Waals surface area contributed by atoms with Crippen LogP contribution in [0.5, 0.6) is 0 Å². The van der Waals surface area contributed by atoms with E-state index in [-0.39, 0.29) is 18.9 Å². The van der Waals surface area contributed by atoms with Gasteiger partial charge < -0.3 is 29.4 Å². The van der Waals surface area contributed by atoms with E-state index in [1.807, 2.05) is 0 Å². The molecular formula is C26H43NO10. The molecule has 212 valence electrons. The first-order chi connectivity index (χ1) is 17.5. The Kier molecular flexibility index (Phi) is 15.5. The number of hydrogen-bond acceptors (Lipinski definition) is 9. The lowest BCUT2D eigenvalue weighted by atomic mass is 9.84. The fourth-order valence-electron chi connectivity index (χ4n) is 4.44. The second-order valence-corrected chi connectivity index (χ2v) is 9.46. The predicted octanol–water partition coefficient (Wildman–Crippen LogP) is 3.27. The minimum atomic E-state index is -1.36. The van der Waals surface area contributed by atoms with Crippen LogP contribution in [-0.4, -0.2) is 66.0 Å². The number of unbranched alkanes of at least 4 members (excludes halogenated alkanes) is 8. The maximum Gasteiger partial charge on any atom is 0.305 e. The van der Waals surface area contributed by atoms with Gasteiger partial charge in [0.15, 0.2) is 0 Å². The Bertz CT molecular complexity index is 756. The number of carboxylic acids is 1. The van der Waals surface area contributed by atoms with E-state index >= 15 is 0 Å². The van der Waals surface area contributed by atoms with E-state index in [9.17, 15) is 29.1 Å². The Morgan fingerprint density at radius 1 is 0.811 bits per heavy atom. The van der Waals surface area contributed by atoms with Crippen molar-refractivity contribution in [1.82, 2.24) is 5.32 Å². The molecule has 1 aliphatic heterocycles. The first-order valence-electron chi connectivity index (χ1n) is 13.2. The van der Waals surface area contributed by atoms with E-state index in [4.69, 9.17) is 18.9 Å². The van der Waals surface area contributed by atoms with Crippen LogP contribution in [0.15, 0.2) is 0 Å². The van der Waals surface area contributed by atoms with E-state index in [1.165, 1.54) is 39.0 Å². The largest absolute Gasteiger partial charge is 0.481 e. The minimum absolute atomic E-state index is 0.202. The second-order valence-electron chi connectivity index (χ2n) is 9.46. The Morgan fingerprint density at radius 2 is 1.38 bits per heavy atom. The summed E-state index contributed by atoms with van der Waals surface area (Å²) in [6, 6.07) is -1.09. The summed E-state index contributed by atoms with van der Waals surface area (Å²) in [7, 11) is 0. The smallest absolute Gasteiger partial charge is 0.305 e. The number of carbonyl (C=O) groups is 5. The summed E-state index contributed by atoms with van der Waals surface area (Å²) in [5.74, 6) is -4.62. The number of carboxylic acid groups (broad SMARTS) is 1. The quantitative estimate of drug-likeness (QED) is 0.163. The third-order valence-electron chi connectivity index (χ3n) is 6.13. The lowest BCUT2D eigenvalue weighted by molar-refractivity contribution is -0.258. The molecule has 11 heteroatoms. The van der Waals surface area contributed by atoms with Crippen molar-refractivity contribution in [3.05, 3.63) is 0 Å². The number of rotatable bonds is 17. The van der Waals surface area contributed by atoms with Gasteiger partial charge in [-0.25, -0.2) is 0 Å². The normalized spacial score (nSPS) is 23.1. The lowest BCUT2D eigenvalue weighted by Crippen LogP contribution is -2.63. The Morgan fingerprint density at radius 3 is 1.89 bits per heavy atom. The molecule has 37 heavy (non-hydrogen) atoms. The average Bonchev–Trinajstić information content (AvgIpc) is 2.79. The van der Waals surface area contributed by atoms with Crippen molar-refractivity contribution in [2.24, 2.45) is 5.92 Å². The van der Waals surface area contributed by atoms with Gasteiger partial charge in [-0.3, -0.25) is 24.0 Å². The van der Waals surface area contributed by atoms with Gasteiger partial charge in [0.1, 0.15) is 18.8 Å². The molecule has 0 spiro atoms. The number of hydrogen-bond donors (Lipinski definition) is 2. The van der Waals surface area contributed by atoms with Gasteiger partial charge in [0, 0.05) is 33.1 Å². The van der Waals surface area contributed by atoms with Gasteiger partial charge >= 0.3 is 23.9 Å². The van der Waals surface area contributed by atoms with Crippen LogP contribution >= 0.6 is 0 Å².